The van der Waals surface area contributed by atoms with Gasteiger partial charge in [0.15, 0.2) is 0 Å². The zero-order valence-electron chi connectivity index (χ0n) is 15.1. The van der Waals surface area contributed by atoms with Gasteiger partial charge in [-0.15, -0.1) is 5.10 Å². The minimum absolute atomic E-state index is 0.0712. The second-order valence-corrected chi connectivity index (χ2v) is 6.42. The lowest BCUT2D eigenvalue weighted by Crippen LogP contribution is -2.40. The van der Waals surface area contributed by atoms with Gasteiger partial charge < -0.3 is 4.57 Å². The van der Waals surface area contributed by atoms with Crippen LogP contribution in [0.2, 0.25) is 0 Å². The van der Waals surface area contributed by atoms with Gasteiger partial charge in [0.2, 0.25) is 0 Å². The smallest absolute Gasteiger partial charge is 0.303 e. The fourth-order valence-electron chi connectivity index (χ4n) is 2.88. The summed E-state index contributed by atoms with van der Waals surface area (Å²) in [4.78, 5) is 24.8. The van der Waals surface area contributed by atoms with Gasteiger partial charge in [0.05, 0.1) is 19.3 Å². The molecule has 4 aromatic rings. The first-order chi connectivity index (χ1) is 14.0. The van der Waals surface area contributed by atoms with Crippen molar-refractivity contribution >= 4 is 0 Å². The topological polar surface area (TPSA) is 74.7 Å². The molecule has 2 aromatic heterocycles. The van der Waals surface area contributed by atoms with Crippen molar-refractivity contribution in [2.75, 3.05) is 0 Å². The number of aromatic nitrogens is 5. The summed E-state index contributed by atoms with van der Waals surface area (Å²) in [6, 6.07) is 11.3. The zero-order chi connectivity index (χ0) is 20.4. The highest BCUT2D eigenvalue weighted by Gasteiger charge is 2.09. The number of rotatable bonds is 5. The van der Waals surface area contributed by atoms with Gasteiger partial charge in [0.25, 0.3) is 0 Å². The molecule has 0 bridgehead atoms. The summed E-state index contributed by atoms with van der Waals surface area (Å²) in [7, 11) is 0. The minimum Gasteiger partial charge on any atom is -0.303 e. The first-order valence-electron chi connectivity index (χ1n) is 8.71. The molecule has 4 rings (SSSR count). The molecule has 0 spiro atoms. The van der Waals surface area contributed by atoms with Crippen LogP contribution in [0.4, 0.5) is 8.78 Å². The molecule has 0 radical (unpaired) electrons. The highest BCUT2D eigenvalue weighted by molar-refractivity contribution is 5.31. The molecule has 2 aromatic carbocycles. The van der Waals surface area contributed by atoms with E-state index in [9.17, 15) is 18.4 Å². The SMILES string of the molecule is O=c1c(=O)n(-c2ccc(F)cc2)ccn1Cc1cn(Cc2ccc(F)cc2)nn1. The molecule has 0 aliphatic carbocycles. The van der Waals surface area contributed by atoms with E-state index in [0.717, 1.165) is 10.1 Å². The van der Waals surface area contributed by atoms with Crippen molar-refractivity contribution in [3.63, 3.8) is 0 Å². The van der Waals surface area contributed by atoms with Crippen LogP contribution in [0.5, 0.6) is 0 Å². The highest BCUT2D eigenvalue weighted by Crippen LogP contribution is 2.07. The van der Waals surface area contributed by atoms with Crippen LogP contribution >= 0.6 is 0 Å². The number of nitrogens with zero attached hydrogens (tertiary/aromatic N) is 5. The highest BCUT2D eigenvalue weighted by atomic mass is 19.1. The number of hydrogen-bond donors (Lipinski definition) is 0. The van der Waals surface area contributed by atoms with E-state index >= 15 is 0 Å². The van der Waals surface area contributed by atoms with E-state index in [1.54, 1.807) is 23.0 Å². The molecule has 0 amide bonds. The predicted molar refractivity (Wildman–Crippen MR) is 101 cm³/mol. The van der Waals surface area contributed by atoms with Crippen molar-refractivity contribution < 1.29 is 8.78 Å². The average Bonchev–Trinajstić information content (AvgIpc) is 3.15. The molecular weight excluding hydrogens is 380 g/mol. The summed E-state index contributed by atoms with van der Waals surface area (Å²) in [5.41, 5.74) is 0.253. The van der Waals surface area contributed by atoms with Gasteiger partial charge in [-0.25, -0.2) is 13.5 Å². The Balaban J connectivity index is 1.54. The van der Waals surface area contributed by atoms with Crippen molar-refractivity contribution in [2.24, 2.45) is 0 Å². The summed E-state index contributed by atoms with van der Waals surface area (Å²) in [5, 5.41) is 8.01. The van der Waals surface area contributed by atoms with Crippen LogP contribution in [0.3, 0.4) is 0 Å². The van der Waals surface area contributed by atoms with Gasteiger partial charge in [-0.2, -0.15) is 0 Å². The van der Waals surface area contributed by atoms with Crippen LogP contribution in [0.1, 0.15) is 11.3 Å². The van der Waals surface area contributed by atoms with E-state index in [4.69, 9.17) is 0 Å². The molecule has 0 unspecified atom stereocenters. The molecule has 0 aliphatic heterocycles. The van der Waals surface area contributed by atoms with Crippen LogP contribution in [0.15, 0.2) is 76.7 Å². The molecule has 0 N–H and O–H groups in total. The standard InChI is InChI=1S/C20H15F2N5O2/c21-15-3-1-14(2-4-15)11-26-13-17(23-24-26)12-25-9-10-27(20(29)19(25)28)18-7-5-16(22)6-8-18/h1-10,13H,11-12H2. The summed E-state index contributed by atoms with van der Waals surface area (Å²) in [6.07, 6.45) is 4.56. The molecule has 0 saturated heterocycles. The first kappa shape index (κ1) is 18.5. The Kier molecular flexibility index (Phi) is 4.86. The third kappa shape index (κ3) is 4.03. The Hall–Kier alpha value is -3.88. The van der Waals surface area contributed by atoms with Crippen LogP contribution in [0.25, 0.3) is 5.69 Å². The zero-order valence-corrected chi connectivity index (χ0v) is 15.1. The molecule has 9 heteroatoms. The molecule has 146 valence electrons. The monoisotopic (exact) mass is 395 g/mol. The van der Waals surface area contributed by atoms with E-state index in [0.29, 0.717) is 17.9 Å². The Morgan fingerprint density at radius 2 is 1.45 bits per heavy atom. The maximum absolute atomic E-state index is 13.1. The van der Waals surface area contributed by atoms with E-state index < -0.39 is 16.9 Å². The molecule has 7 nitrogen and oxygen atoms in total. The van der Waals surface area contributed by atoms with Gasteiger partial charge in [-0.1, -0.05) is 17.3 Å². The third-order valence-electron chi connectivity index (χ3n) is 4.34. The van der Waals surface area contributed by atoms with E-state index in [1.165, 1.54) is 53.4 Å². The van der Waals surface area contributed by atoms with Gasteiger partial charge in [-0.05, 0) is 42.0 Å². The lowest BCUT2D eigenvalue weighted by Gasteiger charge is -2.07. The summed E-state index contributed by atoms with van der Waals surface area (Å²) < 4.78 is 30.0. The van der Waals surface area contributed by atoms with E-state index in [-0.39, 0.29) is 12.4 Å². The number of halogens is 2. The molecule has 0 fully saturated rings. The Morgan fingerprint density at radius 1 is 0.793 bits per heavy atom. The van der Waals surface area contributed by atoms with Crippen molar-refractivity contribution in [3.8, 4) is 5.69 Å². The van der Waals surface area contributed by atoms with E-state index in [2.05, 4.69) is 10.3 Å². The van der Waals surface area contributed by atoms with Crippen LogP contribution < -0.4 is 11.1 Å². The van der Waals surface area contributed by atoms with Crippen molar-refractivity contribution in [2.45, 2.75) is 13.1 Å². The van der Waals surface area contributed by atoms with Crippen molar-refractivity contribution in [1.29, 1.82) is 0 Å². The predicted octanol–water partition coefficient (Wildman–Crippen LogP) is 1.97. The van der Waals surface area contributed by atoms with Crippen LogP contribution in [-0.4, -0.2) is 24.1 Å². The van der Waals surface area contributed by atoms with Crippen LogP contribution in [0, 0.1) is 11.6 Å². The van der Waals surface area contributed by atoms with Crippen molar-refractivity contribution in [3.05, 3.63) is 111 Å². The largest absolute Gasteiger partial charge is 0.320 e. The maximum Gasteiger partial charge on any atom is 0.320 e. The summed E-state index contributed by atoms with van der Waals surface area (Å²) >= 11 is 0. The van der Waals surface area contributed by atoms with Gasteiger partial charge in [0.1, 0.15) is 17.3 Å². The number of hydrogen-bond acceptors (Lipinski definition) is 4. The average molecular weight is 395 g/mol. The molecule has 29 heavy (non-hydrogen) atoms. The second kappa shape index (κ2) is 7.63. The Bertz CT molecular complexity index is 1260. The van der Waals surface area contributed by atoms with E-state index in [1.807, 2.05) is 0 Å². The minimum atomic E-state index is -0.752. The fourth-order valence-corrected chi connectivity index (χ4v) is 2.88. The van der Waals surface area contributed by atoms with Gasteiger partial charge >= 0.3 is 11.1 Å². The normalized spacial score (nSPS) is 11.0. The van der Waals surface area contributed by atoms with Crippen molar-refractivity contribution in [1.82, 2.24) is 24.1 Å². The van der Waals surface area contributed by atoms with Crippen LogP contribution in [-0.2, 0) is 13.1 Å². The summed E-state index contributed by atoms with van der Waals surface area (Å²) in [5.74, 6) is -0.748. The molecular formula is C20H15F2N5O2. The summed E-state index contributed by atoms with van der Waals surface area (Å²) in [6.45, 7) is 0.468. The molecule has 0 aliphatic rings. The van der Waals surface area contributed by atoms with Gasteiger partial charge in [-0.3, -0.25) is 14.2 Å². The molecule has 0 saturated carbocycles. The molecule has 2 heterocycles. The number of benzene rings is 2. The quantitative estimate of drug-likeness (QED) is 0.484. The Morgan fingerprint density at radius 3 is 2.14 bits per heavy atom. The Labute approximate surface area is 163 Å². The second-order valence-electron chi connectivity index (χ2n) is 6.42. The first-order valence-corrected chi connectivity index (χ1v) is 8.71. The maximum atomic E-state index is 13.1. The fraction of sp³-hybridized carbons (Fsp3) is 0.100. The molecule has 0 atom stereocenters. The third-order valence-corrected chi connectivity index (χ3v) is 4.34. The lowest BCUT2D eigenvalue weighted by molar-refractivity contribution is 0.621. The van der Waals surface area contributed by atoms with Gasteiger partial charge in [0, 0.05) is 18.1 Å². The lowest BCUT2D eigenvalue weighted by atomic mass is 10.2.